The van der Waals surface area contributed by atoms with Crippen molar-refractivity contribution in [3.8, 4) is 73.2 Å². The lowest BCUT2D eigenvalue weighted by Crippen LogP contribution is -2.01. The summed E-state index contributed by atoms with van der Waals surface area (Å²) in [5.41, 5.74) is 25.1. The zero-order valence-corrected chi connectivity index (χ0v) is 44.4. The average molecular weight is 1010 g/mol. The van der Waals surface area contributed by atoms with Crippen LogP contribution in [-0.4, -0.2) is 23.7 Å². The largest absolute Gasteiger partial charge is 0.309 e. The fraction of sp³-hybridized carbons (Fsp3) is 0.0541. The second-order valence-corrected chi connectivity index (χ2v) is 21.3. The van der Waals surface area contributed by atoms with Crippen molar-refractivity contribution in [3.05, 3.63) is 271 Å². The predicted molar refractivity (Wildman–Crippen MR) is 331 cm³/mol. The van der Waals surface area contributed by atoms with Crippen LogP contribution in [0.25, 0.3) is 139 Å². The number of fused-ring (bicyclic) bond motifs is 9. The Labute approximate surface area is 458 Å². The lowest BCUT2D eigenvalue weighted by Gasteiger charge is -2.17. The maximum atomic E-state index is 5.12. The quantitative estimate of drug-likeness (QED) is 0.152. The van der Waals surface area contributed by atoms with Crippen LogP contribution in [0.3, 0.4) is 0 Å². The molecule has 374 valence electrons. The van der Waals surface area contributed by atoms with Gasteiger partial charge in [0.25, 0.3) is 0 Å². The van der Waals surface area contributed by atoms with Crippen molar-refractivity contribution in [1.29, 1.82) is 0 Å². The van der Waals surface area contributed by atoms with Crippen LogP contribution in [0.5, 0.6) is 0 Å². The van der Waals surface area contributed by atoms with Crippen LogP contribution in [0, 0.1) is 27.7 Å². The Morgan fingerprint density at radius 3 is 1.09 bits per heavy atom. The van der Waals surface area contributed by atoms with Crippen LogP contribution in [0.15, 0.2) is 249 Å². The fourth-order valence-electron chi connectivity index (χ4n) is 12.5. The maximum absolute atomic E-state index is 5.12. The molecular weight excluding hydrogens is 959 g/mol. The fourth-order valence-corrected chi connectivity index (χ4v) is 12.5. The molecule has 79 heavy (non-hydrogen) atoms. The monoisotopic (exact) mass is 1010 g/mol. The van der Waals surface area contributed by atoms with Crippen molar-refractivity contribution in [2.75, 3.05) is 0 Å². The van der Waals surface area contributed by atoms with E-state index in [0.717, 1.165) is 56.4 Å². The number of rotatable bonds is 8. The third-order valence-electron chi connectivity index (χ3n) is 16.2. The molecular formula is C74H53N5. The zero-order chi connectivity index (χ0) is 52.9. The molecule has 0 saturated heterocycles. The molecule has 5 heteroatoms. The van der Waals surface area contributed by atoms with E-state index in [1.54, 1.807) is 0 Å². The molecule has 0 aliphatic carbocycles. The molecule has 4 heterocycles. The van der Waals surface area contributed by atoms with Crippen LogP contribution >= 0.6 is 0 Å². The minimum absolute atomic E-state index is 0.723. The van der Waals surface area contributed by atoms with Crippen LogP contribution < -0.4 is 0 Å². The van der Waals surface area contributed by atoms with E-state index in [4.69, 9.17) is 9.97 Å². The summed E-state index contributed by atoms with van der Waals surface area (Å²) in [5, 5.41) is 7.43. The normalized spacial score (nSPS) is 11.8. The Balaban J connectivity index is 0.809. The third-order valence-corrected chi connectivity index (χ3v) is 16.2. The number of hydrogen-bond acceptors (Lipinski definition) is 2. The lowest BCUT2D eigenvalue weighted by atomic mass is 9.96. The van der Waals surface area contributed by atoms with Crippen molar-refractivity contribution < 1.29 is 0 Å². The summed E-state index contributed by atoms with van der Waals surface area (Å²) in [6.07, 6.45) is 0. The Kier molecular flexibility index (Phi) is 10.7. The molecule has 0 atom stereocenters. The van der Waals surface area contributed by atoms with Gasteiger partial charge < -0.3 is 13.7 Å². The highest BCUT2D eigenvalue weighted by atomic mass is 15.0. The first-order valence-electron chi connectivity index (χ1n) is 27.2. The van der Waals surface area contributed by atoms with E-state index in [1.165, 1.54) is 104 Å². The predicted octanol–water partition coefficient (Wildman–Crippen LogP) is 19.3. The zero-order valence-electron chi connectivity index (χ0n) is 44.4. The van der Waals surface area contributed by atoms with Gasteiger partial charge in [0.1, 0.15) is 0 Å². The van der Waals surface area contributed by atoms with Gasteiger partial charge in [-0.3, -0.25) is 0 Å². The second kappa shape index (κ2) is 18.3. The molecule has 4 aromatic heterocycles. The van der Waals surface area contributed by atoms with Gasteiger partial charge in [0.2, 0.25) is 0 Å². The van der Waals surface area contributed by atoms with Crippen molar-refractivity contribution in [1.82, 2.24) is 23.7 Å². The summed E-state index contributed by atoms with van der Waals surface area (Å²) in [6.45, 7) is 8.76. The van der Waals surface area contributed by atoms with Crippen molar-refractivity contribution in [2.45, 2.75) is 27.7 Å². The molecule has 0 fully saturated rings. The maximum Gasteiger partial charge on any atom is 0.160 e. The first kappa shape index (κ1) is 46.2. The van der Waals surface area contributed by atoms with E-state index in [1.807, 2.05) is 0 Å². The van der Waals surface area contributed by atoms with Crippen LogP contribution in [0.2, 0.25) is 0 Å². The second-order valence-electron chi connectivity index (χ2n) is 21.3. The minimum atomic E-state index is 0.723. The van der Waals surface area contributed by atoms with Gasteiger partial charge in [0.15, 0.2) is 5.82 Å². The smallest absolute Gasteiger partial charge is 0.160 e. The van der Waals surface area contributed by atoms with Gasteiger partial charge in [-0.25, -0.2) is 9.97 Å². The first-order valence-corrected chi connectivity index (χ1v) is 27.2. The minimum Gasteiger partial charge on any atom is -0.309 e. The molecule has 0 aliphatic rings. The summed E-state index contributed by atoms with van der Waals surface area (Å²) in [5.74, 6) is 0.723. The molecule has 0 aliphatic heterocycles. The Morgan fingerprint density at radius 2 is 0.633 bits per heavy atom. The molecule has 15 rings (SSSR count). The third kappa shape index (κ3) is 7.68. The molecule has 0 amide bonds. The van der Waals surface area contributed by atoms with Gasteiger partial charge in [-0.15, -0.1) is 0 Å². The number of aromatic nitrogens is 5. The molecule has 0 spiro atoms. The van der Waals surface area contributed by atoms with E-state index in [9.17, 15) is 0 Å². The molecule has 0 unspecified atom stereocenters. The van der Waals surface area contributed by atoms with Crippen molar-refractivity contribution in [2.24, 2.45) is 0 Å². The van der Waals surface area contributed by atoms with E-state index in [0.29, 0.717) is 0 Å². The molecule has 15 aromatic rings. The Hall–Kier alpha value is -10.1. The summed E-state index contributed by atoms with van der Waals surface area (Å²) in [4.78, 5) is 10.2. The van der Waals surface area contributed by atoms with Gasteiger partial charge in [0, 0.05) is 60.4 Å². The summed E-state index contributed by atoms with van der Waals surface area (Å²) in [7, 11) is 0. The molecule has 0 saturated carbocycles. The molecule has 0 radical (unpaired) electrons. The number of benzene rings is 11. The van der Waals surface area contributed by atoms with Crippen molar-refractivity contribution in [3.63, 3.8) is 0 Å². The molecule has 11 aromatic carbocycles. The lowest BCUT2D eigenvalue weighted by molar-refractivity contribution is 1.12. The Bertz CT molecular complexity index is 4570. The summed E-state index contributed by atoms with van der Waals surface area (Å²) in [6, 6.07) is 90.8. The highest BCUT2D eigenvalue weighted by molar-refractivity contribution is 6.14. The number of nitrogens with zero attached hydrogens (tertiary/aromatic N) is 5. The van der Waals surface area contributed by atoms with E-state index >= 15 is 0 Å². The van der Waals surface area contributed by atoms with Crippen LogP contribution in [0.4, 0.5) is 0 Å². The van der Waals surface area contributed by atoms with Gasteiger partial charge in [-0.05, 0) is 152 Å². The summed E-state index contributed by atoms with van der Waals surface area (Å²) >= 11 is 0. The molecule has 0 bridgehead atoms. The SMILES string of the molecule is Cc1cccc(-c2cc(-c3ccc(-c4ccc(-c5cc(C)c(-n6c7ccc(-n8c9ccccc9c9ccccc98)cc7c7cc(-n8c9ccccc9c9ccccc98)ccc76)c(C)c5)cc4)cc3)nc(-c3cccc(C)c3)n2)c1. The summed E-state index contributed by atoms with van der Waals surface area (Å²) < 4.78 is 7.37. The van der Waals surface area contributed by atoms with Gasteiger partial charge in [-0.1, -0.05) is 169 Å². The molecule has 5 nitrogen and oxygen atoms in total. The number of hydrogen-bond donors (Lipinski definition) is 0. The number of aryl methyl sites for hydroxylation is 4. The van der Waals surface area contributed by atoms with E-state index in [-0.39, 0.29) is 0 Å². The van der Waals surface area contributed by atoms with Crippen LogP contribution in [0.1, 0.15) is 22.3 Å². The van der Waals surface area contributed by atoms with E-state index in [2.05, 4.69) is 290 Å². The highest BCUT2D eigenvalue weighted by Gasteiger charge is 2.21. The average Bonchev–Trinajstić information content (AvgIpc) is 4.31. The first-order chi connectivity index (χ1) is 38.8. The number of para-hydroxylation sites is 4. The van der Waals surface area contributed by atoms with Crippen LogP contribution in [-0.2, 0) is 0 Å². The molecule has 0 N–H and O–H groups in total. The Morgan fingerprint density at radius 1 is 0.253 bits per heavy atom. The van der Waals surface area contributed by atoms with Gasteiger partial charge in [-0.2, -0.15) is 0 Å². The van der Waals surface area contributed by atoms with E-state index < -0.39 is 0 Å². The topological polar surface area (TPSA) is 40.6 Å². The van der Waals surface area contributed by atoms with Gasteiger partial charge >= 0.3 is 0 Å². The standard InChI is InChI=1S/C74H53N5/c1-46-15-13-17-54(39-46)66-45-65(75-74(76-66)55-18-14-16-47(2)40-55)53-33-31-51(32-34-53)50-27-29-52(30-28-50)56-41-48(3)73(49(4)42-56)79-71-37-35-57(77-67-23-9-5-19-59(67)60-20-6-10-24-68(60)77)43-63(71)64-44-58(36-38-72(64)79)78-69-25-11-7-21-61(69)62-22-8-12-26-70(62)78/h5-45H,1-4H3. The highest BCUT2D eigenvalue weighted by Crippen LogP contribution is 2.42. The van der Waals surface area contributed by atoms with Crippen molar-refractivity contribution >= 4 is 65.4 Å². The van der Waals surface area contributed by atoms with Gasteiger partial charge in [0.05, 0.1) is 50.2 Å².